The van der Waals surface area contributed by atoms with Crippen LogP contribution in [0.15, 0.2) is 65.7 Å². The third kappa shape index (κ3) is 2.76. The summed E-state index contributed by atoms with van der Waals surface area (Å²) in [6, 6.07) is 20.6. The Morgan fingerprint density at radius 2 is 1.50 bits per heavy atom. The topological polar surface area (TPSA) is 68.2 Å². The number of aliphatic imine (C=N–C) groups is 1. The van der Waals surface area contributed by atoms with E-state index in [2.05, 4.69) is 29.3 Å². The molecule has 0 spiro atoms. The Balaban J connectivity index is 1.54. The van der Waals surface area contributed by atoms with E-state index in [1.54, 1.807) is 0 Å². The Bertz CT molecular complexity index is 902. The van der Waals surface area contributed by atoms with Crippen molar-refractivity contribution < 1.29 is 19.2 Å². The Labute approximate surface area is 162 Å². The van der Waals surface area contributed by atoms with Gasteiger partial charge in [-0.05, 0) is 17.5 Å². The molecule has 1 aliphatic carbocycles. The Morgan fingerprint density at radius 1 is 0.893 bits per heavy atom. The number of rotatable bonds is 3. The molecule has 1 saturated carbocycles. The minimum atomic E-state index is -0.627. The monoisotopic (exact) mass is 376 g/mol. The zero-order valence-electron chi connectivity index (χ0n) is 15.3. The van der Waals surface area contributed by atoms with Gasteiger partial charge in [0.15, 0.2) is 0 Å². The predicted octanol–water partition coefficient (Wildman–Crippen LogP) is 2.83. The van der Waals surface area contributed by atoms with E-state index in [1.165, 1.54) is 16.2 Å². The number of hydroxylamine groups is 2. The van der Waals surface area contributed by atoms with Crippen LogP contribution >= 0.6 is 0 Å². The average molecular weight is 376 g/mol. The van der Waals surface area contributed by atoms with Crippen LogP contribution in [0.5, 0.6) is 0 Å². The van der Waals surface area contributed by atoms with Crippen molar-refractivity contribution in [1.29, 1.82) is 0 Å². The fraction of sp³-hybridized carbons (Fsp3) is 0.318. The molecule has 6 heteroatoms. The summed E-state index contributed by atoms with van der Waals surface area (Å²) in [6.07, 6.45) is 0.269. The van der Waals surface area contributed by atoms with Crippen molar-refractivity contribution in [3.05, 3.63) is 71.8 Å². The molecule has 2 aromatic carbocycles. The largest absolute Gasteiger partial charge is 0.438 e. The molecule has 142 valence electrons. The fourth-order valence-electron chi connectivity index (χ4n) is 4.33. The summed E-state index contributed by atoms with van der Waals surface area (Å²) in [5, 5.41) is 1.53. The molecule has 28 heavy (non-hydrogen) atoms. The molecule has 2 atom stereocenters. The summed E-state index contributed by atoms with van der Waals surface area (Å²) in [4.78, 5) is 34.1. The maximum atomic E-state index is 12.1. The van der Waals surface area contributed by atoms with Crippen LogP contribution in [0.2, 0.25) is 0 Å². The second-order valence-corrected chi connectivity index (χ2v) is 7.42. The highest BCUT2D eigenvalue weighted by atomic mass is 16.7. The van der Waals surface area contributed by atoms with Gasteiger partial charge in [0, 0.05) is 11.3 Å². The molecule has 2 unspecified atom stereocenters. The van der Waals surface area contributed by atoms with Gasteiger partial charge in [-0.1, -0.05) is 60.7 Å². The van der Waals surface area contributed by atoms with E-state index in [-0.39, 0.29) is 30.7 Å². The van der Waals surface area contributed by atoms with Crippen LogP contribution in [0.25, 0.3) is 0 Å². The van der Waals surface area contributed by atoms with Gasteiger partial charge in [0.1, 0.15) is 12.4 Å². The van der Waals surface area contributed by atoms with Gasteiger partial charge < -0.3 is 9.57 Å². The van der Waals surface area contributed by atoms with Crippen LogP contribution in [0, 0.1) is 5.92 Å². The van der Waals surface area contributed by atoms with Crippen molar-refractivity contribution in [2.45, 2.75) is 30.9 Å². The van der Waals surface area contributed by atoms with Crippen LogP contribution in [-0.4, -0.2) is 35.6 Å². The minimum Gasteiger partial charge on any atom is -0.438 e. The van der Waals surface area contributed by atoms with E-state index in [0.717, 1.165) is 6.42 Å². The SMILES string of the molecule is O=C1CCC(=O)ON2CC(N=C2C2CC2(c2ccccc2)c2ccccc2)O1. The third-order valence-corrected chi connectivity index (χ3v) is 5.72. The number of amidine groups is 1. The summed E-state index contributed by atoms with van der Waals surface area (Å²) < 4.78 is 5.40. The van der Waals surface area contributed by atoms with Gasteiger partial charge in [-0.3, -0.25) is 4.79 Å². The summed E-state index contributed by atoms with van der Waals surface area (Å²) >= 11 is 0. The average Bonchev–Trinajstić information content (AvgIpc) is 3.35. The second kappa shape index (κ2) is 6.48. The lowest BCUT2D eigenvalue weighted by molar-refractivity contribution is -0.172. The fourth-order valence-corrected chi connectivity index (χ4v) is 4.33. The first-order valence-corrected chi connectivity index (χ1v) is 9.53. The molecule has 0 N–H and O–H groups in total. The van der Waals surface area contributed by atoms with E-state index in [1.807, 2.05) is 36.4 Å². The molecule has 0 amide bonds. The third-order valence-electron chi connectivity index (χ3n) is 5.72. The normalized spacial score (nSPS) is 25.7. The maximum Gasteiger partial charge on any atom is 0.333 e. The molecular formula is C22H20N2O4. The Hall–Kier alpha value is -3.15. The lowest BCUT2D eigenvalue weighted by Gasteiger charge is -2.23. The number of nitrogens with zero attached hydrogens (tertiary/aromatic N) is 2. The summed E-state index contributed by atoms with van der Waals surface area (Å²) in [6.45, 7) is 0.253. The zero-order valence-corrected chi connectivity index (χ0v) is 15.3. The summed E-state index contributed by atoms with van der Waals surface area (Å²) in [5.74, 6) is -0.117. The van der Waals surface area contributed by atoms with Gasteiger partial charge in [-0.15, -0.1) is 0 Å². The first kappa shape index (κ1) is 17.0. The standard InChI is InChI=1S/C22H20N2O4/c25-19-11-12-20(26)28-24-14-18(27-19)23-21(24)17-13-22(17,15-7-3-1-4-8-15)16-9-5-2-6-10-16/h1-10,17-18H,11-14H2. The maximum absolute atomic E-state index is 12.1. The van der Waals surface area contributed by atoms with Gasteiger partial charge in [0.05, 0.1) is 12.8 Å². The molecule has 0 aromatic heterocycles. The smallest absolute Gasteiger partial charge is 0.333 e. The first-order valence-electron chi connectivity index (χ1n) is 9.53. The number of carbonyl (C=O) groups excluding carboxylic acids is 2. The van der Waals surface area contributed by atoms with E-state index in [4.69, 9.17) is 9.57 Å². The van der Waals surface area contributed by atoms with Gasteiger partial charge >= 0.3 is 11.9 Å². The number of fused-ring (bicyclic) bond motifs is 2. The van der Waals surface area contributed by atoms with Gasteiger partial charge in [-0.25, -0.2) is 9.79 Å². The van der Waals surface area contributed by atoms with Crippen molar-refractivity contribution in [2.24, 2.45) is 10.9 Å². The highest BCUT2D eigenvalue weighted by molar-refractivity contribution is 5.93. The first-order chi connectivity index (χ1) is 13.7. The zero-order chi connectivity index (χ0) is 19.1. The van der Waals surface area contributed by atoms with Gasteiger partial charge in [0.25, 0.3) is 0 Å². The molecule has 2 heterocycles. The summed E-state index contributed by atoms with van der Waals surface area (Å²) in [7, 11) is 0. The number of hydrogen-bond acceptors (Lipinski definition) is 6. The highest BCUT2D eigenvalue weighted by Crippen LogP contribution is 2.60. The van der Waals surface area contributed by atoms with E-state index < -0.39 is 18.2 Å². The molecule has 2 bridgehead atoms. The molecule has 2 aromatic rings. The molecule has 0 radical (unpaired) electrons. The lowest BCUT2D eigenvalue weighted by atomic mass is 9.85. The molecular weight excluding hydrogens is 356 g/mol. The van der Waals surface area contributed by atoms with Crippen LogP contribution in [0.4, 0.5) is 0 Å². The highest BCUT2D eigenvalue weighted by Gasteiger charge is 2.61. The van der Waals surface area contributed by atoms with Crippen molar-refractivity contribution in [3.8, 4) is 0 Å². The van der Waals surface area contributed by atoms with E-state index >= 15 is 0 Å². The second-order valence-electron chi connectivity index (χ2n) is 7.42. The molecule has 6 nitrogen and oxygen atoms in total. The number of ether oxygens (including phenoxy) is 1. The quantitative estimate of drug-likeness (QED) is 0.771. The van der Waals surface area contributed by atoms with Crippen molar-refractivity contribution in [3.63, 3.8) is 0 Å². The van der Waals surface area contributed by atoms with Crippen LogP contribution in [-0.2, 0) is 24.6 Å². The van der Waals surface area contributed by atoms with Crippen LogP contribution in [0.3, 0.4) is 0 Å². The number of esters is 1. The lowest BCUT2D eigenvalue weighted by Crippen LogP contribution is -2.34. The Morgan fingerprint density at radius 3 is 2.14 bits per heavy atom. The minimum absolute atomic E-state index is 0.0164. The Kier molecular flexibility index (Phi) is 3.93. The van der Waals surface area contributed by atoms with Crippen molar-refractivity contribution in [1.82, 2.24) is 5.06 Å². The van der Waals surface area contributed by atoms with Crippen molar-refractivity contribution >= 4 is 17.8 Å². The van der Waals surface area contributed by atoms with Crippen molar-refractivity contribution in [2.75, 3.05) is 6.54 Å². The molecule has 2 fully saturated rings. The molecule has 5 rings (SSSR count). The van der Waals surface area contributed by atoms with Gasteiger partial charge in [0.2, 0.25) is 6.23 Å². The molecule has 2 aliphatic heterocycles. The number of carbonyl (C=O) groups is 2. The summed E-state index contributed by atoms with van der Waals surface area (Å²) in [5.41, 5.74) is 2.18. The van der Waals surface area contributed by atoms with Crippen LogP contribution < -0.4 is 0 Å². The van der Waals surface area contributed by atoms with Crippen LogP contribution in [0.1, 0.15) is 30.4 Å². The number of benzene rings is 2. The predicted molar refractivity (Wildman–Crippen MR) is 101 cm³/mol. The molecule has 3 aliphatic rings. The van der Waals surface area contributed by atoms with E-state index in [9.17, 15) is 9.59 Å². The van der Waals surface area contributed by atoms with E-state index in [0.29, 0.717) is 5.84 Å². The number of hydrogen-bond donors (Lipinski definition) is 0. The molecule has 1 saturated heterocycles. The van der Waals surface area contributed by atoms with Gasteiger partial charge in [-0.2, -0.15) is 5.06 Å².